The standard InChI is InChI=1S/C23H32O5/c24-19(20-12-13-21(27-20)22-14-15-23(25)28-22)11-7-2-1-3-8-16-26-17-18-9-5-4-6-10-18/h1-2,4-6,9-10,19-22,24H,3,7-8,11-17H2/b2-1+/t19-,20+,21-,22+/m0/s1. The molecule has 2 fully saturated rings. The third kappa shape index (κ3) is 6.73. The highest BCUT2D eigenvalue weighted by Crippen LogP contribution is 2.31. The molecule has 154 valence electrons. The number of allylic oxidation sites excluding steroid dienone is 2. The van der Waals surface area contributed by atoms with Crippen molar-refractivity contribution < 1.29 is 24.1 Å². The lowest BCUT2D eigenvalue weighted by atomic mass is 10.0. The van der Waals surface area contributed by atoms with Crippen molar-refractivity contribution in [2.75, 3.05) is 6.61 Å². The van der Waals surface area contributed by atoms with Crippen LogP contribution in [0.5, 0.6) is 0 Å². The molecule has 2 heterocycles. The van der Waals surface area contributed by atoms with E-state index in [4.69, 9.17) is 14.2 Å². The van der Waals surface area contributed by atoms with Gasteiger partial charge in [0.05, 0.1) is 24.9 Å². The molecule has 2 aliphatic heterocycles. The number of hydrogen-bond donors (Lipinski definition) is 1. The van der Waals surface area contributed by atoms with Gasteiger partial charge in [-0.25, -0.2) is 0 Å². The van der Waals surface area contributed by atoms with Crippen LogP contribution in [0.1, 0.15) is 56.9 Å². The van der Waals surface area contributed by atoms with Crippen molar-refractivity contribution in [2.24, 2.45) is 0 Å². The summed E-state index contributed by atoms with van der Waals surface area (Å²) in [6, 6.07) is 10.2. The number of esters is 1. The highest BCUT2D eigenvalue weighted by Gasteiger charge is 2.39. The normalized spacial score (nSPS) is 26.0. The summed E-state index contributed by atoms with van der Waals surface area (Å²) in [5.41, 5.74) is 1.20. The van der Waals surface area contributed by atoms with Crippen LogP contribution in [0.2, 0.25) is 0 Å². The number of carbonyl (C=O) groups is 1. The van der Waals surface area contributed by atoms with Crippen LogP contribution in [0.25, 0.3) is 0 Å². The molecular formula is C23H32O5. The number of aliphatic hydroxyl groups excluding tert-OH is 1. The molecular weight excluding hydrogens is 356 g/mol. The first-order valence-corrected chi connectivity index (χ1v) is 10.5. The summed E-state index contributed by atoms with van der Waals surface area (Å²) < 4.78 is 16.9. The number of ether oxygens (including phenoxy) is 3. The minimum absolute atomic E-state index is 0.0440. The third-order valence-corrected chi connectivity index (χ3v) is 5.41. The summed E-state index contributed by atoms with van der Waals surface area (Å²) >= 11 is 0. The molecule has 0 spiro atoms. The van der Waals surface area contributed by atoms with Crippen molar-refractivity contribution >= 4 is 5.97 Å². The number of cyclic esters (lactones) is 1. The minimum Gasteiger partial charge on any atom is -0.460 e. The topological polar surface area (TPSA) is 65.0 Å². The minimum atomic E-state index is -0.457. The molecule has 5 nitrogen and oxygen atoms in total. The van der Waals surface area contributed by atoms with Crippen LogP contribution < -0.4 is 0 Å². The summed E-state index contributed by atoms with van der Waals surface area (Å²) in [4.78, 5) is 11.2. The highest BCUT2D eigenvalue weighted by molar-refractivity contribution is 5.71. The second kappa shape index (κ2) is 11.3. The van der Waals surface area contributed by atoms with Gasteiger partial charge in [-0.3, -0.25) is 4.79 Å². The van der Waals surface area contributed by atoms with Gasteiger partial charge < -0.3 is 19.3 Å². The van der Waals surface area contributed by atoms with Crippen LogP contribution in [-0.2, 0) is 25.6 Å². The molecule has 28 heavy (non-hydrogen) atoms. The lowest BCUT2D eigenvalue weighted by Gasteiger charge is -2.21. The maximum absolute atomic E-state index is 11.2. The van der Waals surface area contributed by atoms with Gasteiger partial charge in [-0.2, -0.15) is 0 Å². The van der Waals surface area contributed by atoms with Crippen LogP contribution in [0.4, 0.5) is 0 Å². The van der Waals surface area contributed by atoms with E-state index in [9.17, 15) is 9.90 Å². The van der Waals surface area contributed by atoms with Gasteiger partial charge in [0.25, 0.3) is 0 Å². The monoisotopic (exact) mass is 388 g/mol. The lowest BCUT2D eigenvalue weighted by Crippen LogP contribution is -2.30. The first-order valence-electron chi connectivity index (χ1n) is 10.5. The Labute approximate surface area is 167 Å². The zero-order chi connectivity index (χ0) is 19.6. The molecule has 1 aromatic rings. The molecule has 2 saturated heterocycles. The van der Waals surface area contributed by atoms with Crippen LogP contribution in [0.15, 0.2) is 42.5 Å². The summed E-state index contributed by atoms with van der Waals surface area (Å²) in [6.45, 7) is 1.42. The van der Waals surface area contributed by atoms with Crippen LogP contribution in [-0.4, -0.2) is 42.1 Å². The highest BCUT2D eigenvalue weighted by atomic mass is 16.6. The number of rotatable bonds is 11. The molecule has 0 amide bonds. The number of benzene rings is 1. The molecule has 0 aromatic heterocycles. The maximum Gasteiger partial charge on any atom is 0.306 e. The largest absolute Gasteiger partial charge is 0.460 e. The van der Waals surface area contributed by atoms with Crippen molar-refractivity contribution in [2.45, 2.75) is 82.4 Å². The fourth-order valence-electron chi connectivity index (χ4n) is 3.81. The smallest absolute Gasteiger partial charge is 0.306 e. The fraction of sp³-hybridized carbons (Fsp3) is 0.609. The summed E-state index contributed by atoms with van der Waals surface area (Å²) in [5.74, 6) is -0.131. The molecule has 0 bridgehead atoms. The first-order chi connectivity index (χ1) is 13.7. The quantitative estimate of drug-likeness (QED) is 0.353. The second-order valence-corrected chi connectivity index (χ2v) is 7.65. The predicted octanol–water partition coefficient (Wildman–Crippen LogP) is 3.93. The van der Waals surface area contributed by atoms with Crippen molar-refractivity contribution in [1.82, 2.24) is 0 Å². The Morgan fingerprint density at radius 3 is 2.71 bits per heavy atom. The van der Waals surface area contributed by atoms with Gasteiger partial charge in [-0.1, -0.05) is 42.5 Å². The zero-order valence-electron chi connectivity index (χ0n) is 16.5. The molecule has 0 aliphatic carbocycles. The molecule has 3 rings (SSSR count). The number of aliphatic hydroxyl groups is 1. The van der Waals surface area contributed by atoms with E-state index < -0.39 is 6.10 Å². The fourth-order valence-corrected chi connectivity index (χ4v) is 3.81. The third-order valence-electron chi connectivity index (χ3n) is 5.41. The molecule has 0 radical (unpaired) electrons. The van der Waals surface area contributed by atoms with Gasteiger partial charge >= 0.3 is 5.97 Å². The van der Waals surface area contributed by atoms with Gasteiger partial charge in [0, 0.05) is 13.0 Å². The Hall–Kier alpha value is -1.69. The molecule has 2 aliphatic rings. The van der Waals surface area contributed by atoms with Gasteiger partial charge in [0.1, 0.15) is 6.10 Å². The average molecular weight is 389 g/mol. The van der Waals surface area contributed by atoms with Gasteiger partial charge in [0.15, 0.2) is 0 Å². The van der Waals surface area contributed by atoms with E-state index in [-0.39, 0.29) is 24.3 Å². The molecule has 0 unspecified atom stereocenters. The van der Waals surface area contributed by atoms with Crippen molar-refractivity contribution in [3.63, 3.8) is 0 Å². The van der Waals surface area contributed by atoms with E-state index in [2.05, 4.69) is 24.3 Å². The Morgan fingerprint density at radius 2 is 1.93 bits per heavy atom. The van der Waals surface area contributed by atoms with E-state index in [1.807, 2.05) is 18.2 Å². The Kier molecular flexibility index (Phi) is 8.52. The SMILES string of the molecule is O=C1CC[C@H]([C@@H]2CC[C@H]([C@@H](O)CC/C=C/CCCOCc3ccccc3)O2)O1. The number of carbonyl (C=O) groups excluding carboxylic acids is 1. The maximum atomic E-state index is 11.2. The predicted molar refractivity (Wildman–Crippen MR) is 107 cm³/mol. The summed E-state index contributed by atoms with van der Waals surface area (Å²) in [5, 5.41) is 10.4. The molecule has 1 aromatic carbocycles. The second-order valence-electron chi connectivity index (χ2n) is 7.65. The van der Waals surface area contributed by atoms with Crippen LogP contribution in [0.3, 0.4) is 0 Å². The van der Waals surface area contributed by atoms with Crippen molar-refractivity contribution in [3.8, 4) is 0 Å². The number of unbranched alkanes of at least 4 members (excludes halogenated alkanes) is 1. The average Bonchev–Trinajstić information content (AvgIpc) is 3.36. The molecule has 0 saturated carbocycles. The lowest BCUT2D eigenvalue weighted by molar-refractivity contribution is -0.148. The first kappa shape index (κ1) is 21.0. The Morgan fingerprint density at radius 1 is 1.11 bits per heavy atom. The zero-order valence-corrected chi connectivity index (χ0v) is 16.5. The Balaban J connectivity index is 1.20. The van der Waals surface area contributed by atoms with Gasteiger partial charge in [-0.05, 0) is 50.5 Å². The molecule has 1 N–H and O–H groups in total. The summed E-state index contributed by atoms with van der Waals surface area (Å²) in [6.07, 6.45) is 9.99. The number of hydrogen-bond acceptors (Lipinski definition) is 5. The van der Waals surface area contributed by atoms with Crippen LogP contribution in [0, 0.1) is 0 Å². The van der Waals surface area contributed by atoms with Gasteiger partial charge in [-0.15, -0.1) is 0 Å². The van der Waals surface area contributed by atoms with E-state index in [0.29, 0.717) is 19.4 Å². The molecule has 5 heteroatoms. The van der Waals surface area contributed by atoms with Crippen molar-refractivity contribution in [1.29, 1.82) is 0 Å². The molecule has 4 atom stereocenters. The van der Waals surface area contributed by atoms with E-state index in [1.54, 1.807) is 0 Å². The van der Waals surface area contributed by atoms with E-state index >= 15 is 0 Å². The van der Waals surface area contributed by atoms with E-state index in [0.717, 1.165) is 45.1 Å². The van der Waals surface area contributed by atoms with Crippen LogP contribution >= 0.6 is 0 Å². The van der Waals surface area contributed by atoms with Crippen molar-refractivity contribution in [3.05, 3.63) is 48.0 Å². The summed E-state index contributed by atoms with van der Waals surface area (Å²) in [7, 11) is 0. The van der Waals surface area contributed by atoms with E-state index in [1.165, 1.54) is 5.56 Å². The Bertz CT molecular complexity index is 615. The van der Waals surface area contributed by atoms with Gasteiger partial charge in [0.2, 0.25) is 0 Å².